The van der Waals surface area contributed by atoms with Crippen molar-refractivity contribution < 1.29 is 4.57 Å². The molecule has 1 nitrogen and oxygen atoms in total. The lowest BCUT2D eigenvalue weighted by molar-refractivity contribution is -0.765. The van der Waals surface area contributed by atoms with E-state index in [2.05, 4.69) is 91.3 Å². The zero-order valence-electron chi connectivity index (χ0n) is 27.7. The molecule has 3 saturated carbocycles. The molecule has 2 aromatic rings. The van der Waals surface area contributed by atoms with Crippen LogP contribution >= 0.6 is 0 Å². The number of hydrogen-bond acceptors (Lipinski definition) is 0. The van der Waals surface area contributed by atoms with Gasteiger partial charge < -0.3 is 0 Å². The van der Waals surface area contributed by atoms with Gasteiger partial charge in [-0.1, -0.05) is 67.4 Å². The third kappa shape index (κ3) is 3.03. The molecule has 0 saturated heterocycles. The van der Waals surface area contributed by atoms with Crippen molar-refractivity contribution in [1.82, 2.24) is 0 Å². The number of nitrogens with zero attached hydrogens (tertiary/aromatic N) is 1. The lowest BCUT2D eigenvalue weighted by Gasteiger charge is -2.68. The lowest BCUT2D eigenvalue weighted by Crippen LogP contribution is -2.68. The van der Waals surface area contributed by atoms with Crippen LogP contribution in [0.2, 0.25) is 0 Å². The van der Waals surface area contributed by atoms with Gasteiger partial charge in [-0.3, -0.25) is 0 Å². The number of rotatable bonds is 5. The fourth-order valence-corrected chi connectivity index (χ4v) is 12.9. The van der Waals surface area contributed by atoms with Gasteiger partial charge in [0.1, 0.15) is 0 Å². The Labute approximate surface area is 250 Å². The largest absolute Gasteiger partial charge is 0.213 e. The van der Waals surface area contributed by atoms with Gasteiger partial charge in [0, 0.05) is 25.0 Å². The van der Waals surface area contributed by atoms with Crippen molar-refractivity contribution in [2.45, 2.75) is 160 Å². The second-order valence-electron chi connectivity index (χ2n) is 17.7. The molecule has 1 aromatic carbocycles. The van der Waals surface area contributed by atoms with Gasteiger partial charge in [-0.25, -0.2) is 0 Å². The SMILES string of the molecule is CCCCC1C2CC3CC2C12CC(C2)c1c[n+]2c(cc13)-c1cc3c(cc1C(C)(CC)C2(C)CC)C(C)(C)CC3(C)C. The summed E-state index contributed by atoms with van der Waals surface area (Å²) in [5, 5.41) is 0. The summed E-state index contributed by atoms with van der Waals surface area (Å²) < 4.78 is 2.84. The van der Waals surface area contributed by atoms with Crippen LogP contribution in [0, 0.1) is 23.2 Å². The molecule has 2 heterocycles. The van der Waals surface area contributed by atoms with Gasteiger partial charge in [0.25, 0.3) is 0 Å². The topological polar surface area (TPSA) is 3.88 Å². The van der Waals surface area contributed by atoms with E-state index in [0.717, 1.165) is 35.0 Å². The number of hydrogen-bond donors (Lipinski definition) is 0. The molecule has 7 aliphatic rings. The van der Waals surface area contributed by atoms with E-state index in [1.807, 2.05) is 0 Å². The molecule has 0 amide bonds. The second kappa shape index (κ2) is 8.09. The van der Waals surface area contributed by atoms with E-state index < -0.39 is 0 Å². The summed E-state index contributed by atoms with van der Waals surface area (Å²) in [5.41, 5.74) is 12.8. The Morgan fingerprint density at radius 3 is 2.15 bits per heavy atom. The molecule has 6 aliphatic carbocycles. The van der Waals surface area contributed by atoms with Gasteiger partial charge in [-0.05, 0) is 126 Å². The normalized spacial score (nSPS) is 41.2. The van der Waals surface area contributed by atoms with Crippen LogP contribution in [-0.2, 0) is 21.8 Å². The number of benzene rings is 1. The first-order chi connectivity index (χ1) is 19.3. The number of unbranched alkanes of at least 4 members (excludes halogenated alkanes) is 1. The molecule has 1 aromatic heterocycles. The van der Waals surface area contributed by atoms with E-state index in [1.165, 1.54) is 69.9 Å². The fraction of sp³-hybridized carbons (Fsp3) is 0.725. The maximum Gasteiger partial charge on any atom is 0.213 e. The van der Waals surface area contributed by atoms with Crippen molar-refractivity contribution in [3.8, 4) is 11.3 Å². The molecular weight excluding hydrogens is 494 g/mol. The maximum atomic E-state index is 2.84. The van der Waals surface area contributed by atoms with Gasteiger partial charge in [0.05, 0.1) is 11.0 Å². The quantitative estimate of drug-likeness (QED) is 0.326. The first kappa shape index (κ1) is 27.0. The van der Waals surface area contributed by atoms with Crippen molar-refractivity contribution in [2.75, 3.05) is 0 Å². The first-order valence-corrected chi connectivity index (χ1v) is 17.6. The molecule has 1 aliphatic heterocycles. The molecule has 41 heavy (non-hydrogen) atoms. The molecule has 1 spiro atoms. The molecule has 1 heteroatoms. The number of pyridine rings is 1. The zero-order chi connectivity index (χ0) is 28.9. The molecule has 220 valence electrons. The van der Waals surface area contributed by atoms with Crippen LogP contribution in [0.4, 0.5) is 0 Å². The van der Waals surface area contributed by atoms with Gasteiger partial charge in [0.2, 0.25) is 5.69 Å². The Balaban J connectivity index is 1.34. The molecule has 0 radical (unpaired) electrons. The Kier molecular flexibility index (Phi) is 5.32. The highest BCUT2D eigenvalue weighted by Gasteiger charge is 2.70. The summed E-state index contributed by atoms with van der Waals surface area (Å²) in [4.78, 5) is 0. The minimum absolute atomic E-state index is 0.0689. The molecule has 6 unspecified atom stereocenters. The average Bonchev–Trinajstić information content (AvgIpc) is 3.41. The summed E-state index contributed by atoms with van der Waals surface area (Å²) in [5.74, 6) is 4.67. The summed E-state index contributed by atoms with van der Waals surface area (Å²) in [7, 11) is 0. The van der Waals surface area contributed by atoms with Crippen LogP contribution in [0.25, 0.3) is 11.3 Å². The van der Waals surface area contributed by atoms with E-state index in [1.54, 1.807) is 33.4 Å². The monoisotopic (exact) mass is 550 g/mol. The Hall–Kier alpha value is -1.63. The Bertz CT molecular complexity index is 1450. The predicted octanol–water partition coefficient (Wildman–Crippen LogP) is 10.2. The third-order valence-corrected chi connectivity index (χ3v) is 15.2. The zero-order valence-corrected chi connectivity index (χ0v) is 27.7. The van der Waals surface area contributed by atoms with Crippen LogP contribution in [-0.4, -0.2) is 0 Å². The van der Waals surface area contributed by atoms with E-state index in [4.69, 9.17) is 0 Å². The highest BCUT2D eigenvalue weighted by Crippen LogP contribution is 2.78. The lowest BCUT2D eigenvalue weighted by atomic mass is 9.36. The summed E-state index contributed by atoms with van der Waals surface area (Å²) in [6, 6.07) is 8.18. The number of fused-ring (bicyclic) bond motifs is 4. The van der Waals surface area contributed by atoms with Crippen molar-refractivity contribution in [3.05, 3.63) is 52.2 Å². The van der Waals surface area contributed by atoms with Crippen LogP contribution < -0.4 is 4.57 Å². The fourth-order valence-electron chi connectivity index (χ4n) is 12.9. The molecule has 9 rings (SSSR count). The minimum atomic E-state index is 0.0689. The molecule has 0 N–H and O–H groups in total. The van der Waals surface area contributed by atoms with E-state index in [9.17, 15) is 0 Å². The van der Waals surface area contributed by atoms with Gasteiger partial charge in [-0.2, -0.15) is 4.57 Å². The van der Waals surface area contributed by atoms with Crippen LogP contribution in [0.15, 0.2) is 24.4 Å². The van der Waals surface area contributed by atoms with Crippen LogP contribution in [0.5, 0.6) is 0 Å². The van der Waals surface area contributed by atoms with Crippen LogP contribution in [0.3, 0.4) is 0 Å². The van der Waals surface area contributed by atoms with Crippen molar-refractivity contribution in [2.24, 2.45) is 23.2 Å². The van der Waals surface area contributed by atoms with Gasteiger partial charge in [0.15, 0.2) is 11.7 Å². The number of aromatic nitrogens is 1. The second-order valence-corrected chi connectivity index (χ2v) is 17.7. The Morgan fingerprint density at radius 1 is 0.780 bits per heavy atom. The van der Waals surface area contributed by atoms with E-state index in [0.29, 0.717) is 0 Å². The Morgan fingerprint density at radius 2 is 1.49 bits per heavy atom. The van der Waals surface area contributed by atoms with Crippen molar-refractivity contribution in [3.63, 3.8) is 0 Å². The minimum Gasteiger partial charge on any atom is -0.192 e. The molecule has 6 atom stereocenters. The summed E-state index contributed by atoms with van der Waals surface area (Å²) in [6.07, 6.45) is 16.6. The standard InChI is InChI=1S/C40H56N/c1-10-13-14-30-27-15-24-16-32(27)40(30)20-25(21-40)29-22-41-35(18-26(24)29)28-17-33-34(37(6,7)23-36(33,4)5)19-31(28)38(8,11-2)39(41,9)12-3/h17-19,22,24-25,27,30,32H,10-16,20-21,23H2,1-9H3/q+1. The highest BCUT2D eigenvalue weighted by molar-refractivity contribution is 5.71. The average molecular weight is 551 g/mol. The van der Waals surface area contributed by atoms with E-state index >= 15 is 0 Å². The van der Waals surface area contributed by atoms with Crippen molar-refractivity contribution in [1.29, 1.82) is 0 Å². The highest BCUT2D eigenvalue weighted by atomic mass is 15.1. The van der Waals surface area contributed by atoms with Gasteiger partial charge in [-0.15, -0.1) is 0 Å². The van der Waals surface area contributed by atoms with Gasteiger partial charge >= 0.3 is 0 Å². The molecule has 4 bridgehead atoms. The predicted molar refractivity (Wildman–Crippen MR) is 171 cm³/mol. The first-order valence-electron chi connectivity index (χ1n) is 17.6. The summed E-state index contributed by atoms with van der Waals surface area (Å²) >= 11 is 0. The van der Waals surface area contributed by atoms with Crippen molar-refractivity contribution >= 4 is 0 Å². The van der Waals surface area contributed by atoms with E-state index in [-0.39, 0.29) is 21.8 Å². The maximum absolute atomic E-state index is 2.84. The molecule has 3 fully saturated rings. The molecular formula is C40H56N+. The summed E-state index contributed by atoms with van der Waals surface area (Å²) in [6.45, 7) is 22.5. The third-order valence-electron chi connectivity index (χ3n) is 15.2. The van der Waals surface area contributed by atoms with Crippen LogP contribution in [0.1, 0.15) is 166 Å². The smallest absolute Gasteiger partial charge is 0.192 e.